The van der Waals surface area contributed by atoms with Gasteiger partial charge in [0.25, 0.3) is 0 Å². The molecule has 0 bridgehead atoms. The molecule has 4 nitrogen and oxygen atoms in total. The second kappa shape index (κ2) is 5.71. The van der Waals surface area contributed by atoms with Crippen molar-refractivity contribution < 1.29 is 0 Å². The smallest absolute Gasteiger partial charge is 0.0847 e. The summed E-state index contributed by atoms with van der Waals surface area (Å²) >= 11 is 11.4. The summed E-state index contributed by atoms with van der Waals surface area (Å²) in [4.78, 5) is 1.17. The summed E-state index contributed by atoms with van der Waals surface area (Å²) in [7, 11) is 1.89. The Bertz CT molecular complexity index is 551. The van der Waals surface area contributed by atoms with Gasteiger partial charge in [0.05, 0.1) is 22.5 Å². The molecule has 0 spiro atoms. The molecule has 1 unspecified atom stereocenters. The van der Waals surface area contributed by atoms with E-state index in [0.29, 0.717) is 11.4 Å². The summed E-state index contributed by atoms with van der Waals surface area (Å²) in [5, 5.41) is 7.06. The van der Waals surface area contributed by atoms with Crippen LogP contribution in [0, 0.1) is 6.92 Å². The summed E-state index contributed by atoms with van der Waals surface area (Å²) in [5.41, 5.74) is 4.67. The molecular weight excluding hydrogens is 336 g/mol. The van der Waals surface area contributed by atoms with Gasteiger partial charge in [-0.05, 0) is 28.9 Å². The van der Waals surface area contributed by atoms with Crippen molar-refractivity contribution in [2.75, 3.05) is 0 Å². The van der Waals surface area contributed by atoms with Crippen LogP contribution >= 0.6 is 38.9 Å². The molecule has 18 heavy (non-hydrogen) atoms. The number of aryl methyl sites for hydroxylation is 2. The van der Waals surface area contributed by atoms with E-state index in [9.17, 15) is 0 Å². The third kappa shape index (κ3) is 2.78. The quantitative estimate of drug-likeness (QED) is 0.659. The van der Waals surface area contributed by atoms with E-state index < -0.39 is 0 Å². The van der Waals surface area contributed by atoms with Crippen LogP contribution in [-0.4, -0.2) is 9.78 Å². The van der Waals surface area contributed by atoms with Crippen LogP contribution < -0.4 is 11.3 Å². The van der Waals surface area contributed by atoms with Crippen LogP contribution in [-0.2, 0) is 13.5 Å². The molecule has 0 fully saturated rings. The predicted molar refractivity (Wildman–Crippen MR) is 78.7 cm³/mol. The fraction of sp³-hybridized carbons (Fsp3) is 0.364. The topological polar surface area (TPSA) is 55.9 Å². The molecule has 0 amide bonds. The fourth-order valence-corrected chi connectivity index (χ4v) is 3.59. The lowest BCUT2D eigenvalue weighted by Gasteiger charge is -2.14. The van der Waals surface area contributed by atoms with Crippen molar-refractivity contribution >= 4 is 38.9 Å². The molecule has 0 saturated carbocycles. The van der Waals surface area contributed by atoms with Gasteiger partial charge in [-0.2, -0.15) is 5.10 Å². The first kappa shape index (κ1) is 14.0. The molecular formula is C11H14BrClN4S. The van der Waals surface area contributed by atoms with Gasteiger partial charge in [0.15, 0.2) is 0 Å². The number of rotatable bonds is 4. The maximum Gasteiger partial charge on any atom is 0.0847 e. The Balaban J connectivity index is 2.25. The Labute approximate surface area is 123 Å². The van der Waals surface area contributed by atoms with E-state index in [0.717, 1.165) is 15.9 Å². The minimum Gasteiger partial charge on any atom is -0.271 e. The van der Waals surface area contributed by atoms with Crippen molar-refractivity contribution in [2.24, 2.45) is 12.9 Å². The SMILES string of the molecule is Cc1nn(C)c(CC(NN)c2cc(Br)cs2)c1Cl. The molecule has 2 heterocycles. The van der Waals surface area contributed by atoms with Crippen molar-refractivity contribution in [3.8, 4) is 0 Å². The number of thiophene rings is 1. The van der Waals surface area contributed by atoms with Crippen LogP contribution in [0.1, 0.15) is 22.3 Å². The third-order valence-corrected chi connectivity index (χ3v) is 5.09. The third-order valence-electron chi connectivity index (χ3n) is 2.79. The molecule has 0 aliphatic heterocycles. The summed E-state index contributed by atoms with van der Waals surface area (Å²) in [6.07, 6.45) is 0.708. The van der Waals surface area contributed by atoms with Gasteiger partial charge in [-0.1, -0.05) is 11.6 Å². The van der Waals surface area contributed by atoms with Gasteiger partial charge in [-0.3, -0.25) is 16.0 Å². The Morgan fingerprint density at radius 1 is 1.67 bits per heavy atom. The lowest BCUT2D eigenvalue weighted by Crippen LogP contribution is -2.29. The fourth-order valence-electron chi connectivity index (χ4n) is 1.85. The average molecular weight is 350 g/mol. The van der Waals surface area contributed by atoms with Crippen LogP contribution in [0.5, 0.6) is 0 Å². The second-order valence-corrected chi connectivity index (χ2v) is 6.30. The second-order valence-electron chi connectivity index (χ2n) is 4.06. The number of halogens is 2. The number of aromatic nitrogens is 2. The Morgan fingerprint density at radius 2 is 2.39 bits per heavy atom. The number of hydrazine groups is 1. The van der Waals surface area contributed by atoms with Gasteiger partial charge in [0.2, 0.25) is 0 Å². The van der Waals surface area contributed by atoms with E-state index in [1.807, 2.05) is 24.0 Å². The summed E-state index contributed by atoms with van der Waals surface area (Å²) < 4.78 is 2.88. The number of nitrogens with one attached hydrogen (secondary N) is 1. The first-order valence-electron chi connectivity index (χ1n) is 5.41. The number of hydrogen-bond acceptors (Lipinski definition) is 4. The van der Waals surface area contributed by atoms with Gasteiger partial charge in [-0.15, -0.1) is 11.3 Å². The van der Waals surface area contributed by atoms with E-state index in [-0.39, 0.29) is 6.04 Å². The van der Waals surface area contributed by atoms with Crippen molar-refractivity contribution in [1.82, 2.24) is 15.2 Å². The van der Waals surface area contributed by atoms with Gasteiger partial charge >= 0.3 is 0 Å². The number of nitrogens with two attached hydrogens (primary N) is 1. The van der Waals surface area contributed by atoms with Crippen LogP contribution in [0.15, 0.2) is 15.9 Å². The van der Waals surface area contributed by atoms with Crippen LogP contribution in [0.25, 0.3) is 0 Å². The van der Waals surface area contributed by atoms with E-state index in [1.54, 1.807) is 11.3 Å². The maximum absolute atomic E-state index is 6.25. The van der Waals surface area contributed by atoms with Crippen molar-refractivity contribution in [3.05, 3.63) is 37.2 Å². The first-order chi connectivity index (χ1) is 8.52. The minimum atomic E-state index is 0.0357. The zero-order chi connectivity index (χ0) is 13.3. The first-order valence-corrected chi connectivity index (χ1v) is 7.46. The Hall–Kier alpha value is -0.400. The van der Waals surface area contributed by atoms with Gasteiger partial charge in [0, 0.05) is 28.2 Å². The Morgan fingerprint density at radius 3 is 2.83 bits per heavy atom. The van der Waals surface area contributed by atoms with E-state index in [2.05, 4.69) is 32.5 Å². The minimum absolute atomic E-state index is 0.0357. The summed E-state index contributed by atoms with van der Waals surface area (Å²) in [6, 6.07) is 2.10. The van der Waals surface area contributed by atoms with Gasteiger partial charge < -0.3 is 0 Å². The molecule has 2 rings (SSSR count). The highest BCUT2D eigenvalue weighted by Crippen LogP contribution is 2.30. The van der Waals surface area contributed by atoms with Gasteiger partial charge in [-0.25, -0.2) is 0 Å². The Kier molecular flexibility index (Phi) is 4.45. The maximum atomic E-state index is 6.25. The lowest BCUT2D eigenvalue weighted by molar-refractivity contribution is 0.537. The molecule has 0 aliphatic rings. The van der Waals surface area contributed by atoms with E-state index >= 15 is 0 Å². The van der Waals surface area contributed by atoms with Crippen molar-refractivity contribution in [2.45, 2.75) is 19.4 Å². The molecule has 0 saturated heterocycles. The molecule has 98 valence electrons. The predicted octanol–water partition coefficient (Wildman–Crippen LogP) is 2.95. The monoisotopic (exact) mass is 348 g/mol. The standard InChI is InChI=1S/C11H14BrClN4S/c1-6-11(13)9(17(2)16-6)4-8(15-14)10-3-7(12)5-18-10/h3,5,8,15H,4,14H2,1-2H3. The van der Waals surface area contributed by atoms with Crippen LogP contribution in [0.2, 0.25) is 5.02 Å². The number of nitrogens with zero attached hydrogens (tertiary/aromatic N) is 2. The zero-order valence-corrected chi connectivity index (χ0v) is 13.2. The molecule has 7 heteroatoms. The van der Waals surface area contributed by atoms with E-state index in [1.165, 1.54) is 4.88 Å². The zero-order valence-electron chi connectivity index (χ0n) is 10.1. The molecule has 1 atom stereocenters. The highest BCUT2D eigenvalue weighted by atomic mass is 79.9. The lowest BCUT2D eigenvalue weighted by atomic mass is 10.1. The highest BCUT2D eigenvalue weighted by molar-refractivity contribution is 9.10. The number of hydrogen-bond donors (Lipinski definition) is 2. The van der Waals surface area contributed by atoms with Crippen molar-refractivity contribution in [3.63, 3.8) is 0 Å². The van der Waals surface area contributed by atoms with Crippen LogP contribution in [0.3, 0.4) is 0 Å². The summed E-state index contributed by atoms with van der Waals surface area (Å²) in [5.74, 6) is 5.64. The van der Waals surface area contributed by atoms with Crippen LogP contribution in [0.4, 0.5) is 0 Å². The molecule has 0 radical (unpaired) electrons. The molecule has 2 aromatic rings. The summed E-state index contributed by atoms with van der Waals surface area (Å²) in [6.45, 7) is 1.90. The normalized spacial score (nSPS) is 12.9. The van der Waals surface area contributed by atoms with Crippen molar-refractivity contribution in [1.29, 1.82) is 0 Å². The molecule has 3 N–H and O–H groups in total. The molecule has 2 aromatic heterocycles. The largest absolute Gasteiger partial charge is 0.271 e. The molecule has 0 aliphatic carbocycles. The van der Waals surface area contributed by atoms with Gasteiger partial charge in [0.1, 0.15) is 0 Å². The highest BCUT2D eigenvalue weighted by Gasteiger charge is 2.18. The van der Waals surface area contributed by atoms with E-state index in [4.69, 9.17) is 17.4 Å². The molecule has 0 aromatic carbocycles. The average Bonchev–Trinajstić information content (AvgIpc) is 2.84.